The second-order valence-electron chi connectivity index (χ2n) is 9.53. The molecule has 3 aromatic rings. The monoisotopic (exact) mass is 561 g/mol. The van der Waals surface area contributed by atoms with Crippen LogP contribution in [0.1, 0.15) is 30.7 Å². The normalized spacial score (nSPS) is 14.0. The third-order valence-corrected chi connectivity index (χ3v) is 6.66. The van der Waals surface area contributed by atoms with Gasteiger partial charge in [0.25, 0.3) is 0 Å². The lowest BCUT2D eigenvalue weighted by molar-refractivity contribution is -0.173. The summed E-state index contributed by atoms with van der Waals surface area (Å²) in [6.07, 6.45) is -4.03. The molecule has 1 aromatic heterocycles. The number of anilines is 2. The van der Waals surface area contributed by atoms with Crippen LogP contribution >= 0.6 is 0 Å². The zero-order valence-corrected chi connectivity index (χ0v) is 21.7. The number of hydrogen-bond acceptors (Lipinski definition) is 6. The molecule has 1 aliphatic rings. The number of alkyl halides is 3. The van der Waals surface area contributed by atoms with Gasteiger partial charge in [-0.05, 0) is 61.2 Å². The average Bonchev–Trinajstić information content (AvgIpc) is 3.29. The van der Waals surface area contributed by atoms with Gasteiger partial charge in [-0.15, -0.1) is 0 Å². The molecular weight excluding hydrogens is 530 g/mol. The summed E-state index contributed by atoms with van der Waals surface area (Å²) in [5, 5.41) is 5.21. The molecule has 0 saturated heterocycles. The van der Waals surface area contributed by atoms with Crippen LogP contribution in [-0.2, 0) is 29.2 Å². The van der Waals surface area contributed by atoms with Crippen molar-refractivity contribution in [2.75, 3.05) is 18.4 Å². The van der Waals surface area contributed by atoms with Gasteiger partial charge in [-0.25, -0.2) is 9.37 Å². The van der Waals surface area contributed by atoms with Gasteiger partial charge in [0.05, 0.1) is 12.6 Å². The van der Waals surface area contributed by atoms with Gasteiger partial charge in [0.2, 0.25) is 5.91 Å². The van der Waals surface area contributed by atoms with Crippen molar-refractivity contribution >= 4 is 23.3 Å². The van der Waals surface area contributed by atoms with Gasteiger partial charge < -0.3 is 31.6 Å². The maximum absolute atomic E-state index is 13.6. The predicted octanol–water partition coefficient (Wildman–Crippen LogP) is 3.41. The van der Waals surface area contributed by atoms with E-state index >= 15 is 0 Å². The number of nitrogens with two attached hydrogens (primary N) is 2. The summed E-state index contributed by atoms with van der Waals surface area (Å²) in [5.74, 6) is -1.31. The minimum absolute atomic E-state index is 0.155. The molecular formula is C27H31F4N7O2. The molecule has 9 nitrogen and oxygen atoms in total. The smallest absolute Gasteiger partial charge is 0.348 e. The minimum atomic E-state index is -4.92. The topological polar surface area (TPSA) is 131 Å². The molecule has 214 valence electrons. The first-order valence-corrected chi connectivity index (χ1v) is 12.9. The van der Waals surface area contributed by atoms with E-state index in [2.05, 4.69) is 5.32 Å². The summed E-state index contributed by atoms with van der Waals surface area (Å²) < 4.78 is 52.4. The Morgan fingerprint density at radius 2 is 1.73 bits per heavy atom. The Morgan fingerprint density at radius 1 is 1.02 bits per heavy atom. The van der Waals surface area contributed by atoms with E-state index in [1.807, 2.05) is 28.8 Å². The Bertz CT molecular complexity index is 1320. The summed E-state index contributed by atoms with van der Waals surface area (Å²) in [6, 6.07) is 12.8. The standard InChI is InChI=1S/C27H31F4N7O2/c28-19-8-6-18(7-9-19)23-24(35-20-10-4-17(15-32)5-11-20)38-14-13-37(16-22(38)36-23)25(39)21(33)3-1-2-12-34-26(40)27(29,30)31/h4-11,21,35H,1-3,12-16,32-33H2,(H,34,40)/t21-/m0/s1. The molecule has 0 unspecified atom stereocenters. The number of nitrogens with zero attached hydrogens (tertiary/aromatic N) is 3. The molecule has 2 amide bonds. The number of halogens is 4. The van der Waals surface area contributed by atoms with Crippen molar-refractivity contribution in [3.63, 3.8) is 0 Å². The molecule has 0 bridgehead atoms. The van der Waals surface area contributed by atoms with E-state index in [0.29, 0.717) is 49.0 Å². The Balaban J connectivity index is 1.44. The fraction of sp³-hybridized carbons (Fsp3) is 0.370. The first-order chi connectivity index (χ1) is 19.1. The number of unbranched alkanes of at least 4 members (excludes halogenated alkanes) is 1. The first kappa shape index (κ1) is 29.0. The molecule has 0 radical (unpaired) electrons. The fourth-order valence-electron chi connectivity index (χ4n) is 4.47. The van der Waals surface area contributed by atoms with E-state index in [1.165, 1.54) is 12.1 Å². The van der Waals surface area contributed by atoms with Crippen LogP contribution in [0.4, 0.5) is 29.1 Å². The molecule has 2 aromatic carbocycles. The molecule has 4 rings (SSSR count). The van der Waals surface area contributed by atoms with Crippen LogP contribution in [0, 0.1) is 5.82 Å². The molecule has 0 aliphatic carbocycles. The van der Waals surface area contributed by atoms with E-state index < -0.39 is 18.1 Å². The third-order valence-electron chi connectivity index (χ3n) is 6.66. The van der Waals surface area contributed by atoms with Gasteiger partial charge in [-0.2, -0.15) is 13.2 Å². The Kier molecular flexibility index (Phi) is 9.05. The van der Waals surface area contributed by atoms with E-state index in [9.17, 15) is 27.2 Å². The van der Waals surface area contributed by atoms with Gasteiger partial charge in [-0.3, -0.25) is 9.59 Å². The summed E-state index contributed by atoms with van der Waals surface area (Å²) in [6.45, 7) is 1.28. The van der Waals surface area contributed by atoms with Crippen molar-refractivity contribution < 1.29 is 27.2 Å². The second kappa shape index (κ2) is 12.5. The first-order valence-electron chi connectivity index (χ1n) is 12.9. The number of nitrogens with one attached hydrogen (secondary N) is 2. The summed E-state index contributed by atoms with van der Waals surface area (Å²) in [5.41, 5.74) is 14.9. The summed E-state index contributed by atoms with van der Waals surface area (Å²) in [7, 11) is 0. The van der Waals surface area contributed by atoms with Crippen LogP contribution in [0.3, 0.4) is 0 Å². The molecule has 2 heterocycles. The van der Waals surface area contributed by atoms with Crippen molar-refractivity contribution in [3.05, 3.63) is 65.7 Å². The van der Waals surface area contributed by atoms with E-state index in [-0.39, 0.29) is 37.7 Å². The highest BCUT2D eigenvalue weighted by Gasteiger charge is 2.38. The SMILES string of the molecule is NCc1ccc(Nc2c(-c3ccc(F)cc3)nc3n2CCN(C(=O)[C@@H](N)CCCCNC(=O)C(F)(F)F)C3)cc1. The quantitative estimate of drug-likeness (QED) is 0.222. The number of benzene rings is 2. The molecule has 0 fully saturated rings. The van der Waals surface area contributed by atoms with Gasteiger partial charge in [0, 0.05) is 37.4 Å². The molecule has 1 aliphatic heterocycles. The maximum atomic E-state index is 13.6. The van der Waals surface area contributed by atoms with Crippen molar-refractivity contribution in [2.24, 2.45) is 11.5 Å². The number of aromatic nitrogens is 2. The maximum Gasteiger partial charge on any atom is 0.471 e. The van der Waals surface area contributed by atoms with Crippen LogP contribution in [0.25, 0.3) is 11.3 Å². The summed E-state index contributed by atoms with van der Waals surface area (Å²) >= 11 is 0. The Labute approximate surface area is 228 Å². The number of imidazole rings is 1. The van der Waals surface area contributed by atoms with Gasteiger partial charge >= 0.3 is 12.1 Å². The zero-order valence-electron chi connectivity index (χ0n) is 21.7. The fourth-order valence-corrected chi connectivity index (χ4v) is 4.47. The number of carbonyl (C=O) groups is 2. The van der Waals surface area contributed by atoms with Gasteiger partial charge in [0.15, 0.2) is 0 Å². The van der Waals surface area contributed by atoms with E-state index in [4.69, 9.17) is 16.5 Å². The number of amides is 2. The number of fused-ring (bicyclic) bond motifs is 1. The number of carbonyl (C=O) groups excluding carboxylic acids is 2. The van der Waals surface area contributed by atoms with Crippen molar-refractivity contribution in [3.8, 4) is 11.3 Å². The molecule has 13 heteroatoms. The van der Waals surface area contributed by atoms with Crippen LogP contribution in [0.5, 0.6) is 0 Å². The Morgan fingerprint density at radius 3 is 2.38 bits per heavy atom. The van der Waals surface area contributed by atoms with Crippen LogP contribution in [0.15, 0.2) is 48.5 Å². The highest BCUT2D eigenvalue weighted by molar-refractivity contribution is 5.82. The van der Waals surface area contributed by atoms with E-state index in [0.717, 1.165) is 11.3 Å². The van der Waals surface area contributed by atoms with Crippen LogP contribution in [-0.4, -0.2) is 51.6 Å². The molecule has 0 saturated carbocycles. The van der Waals surface area contributed by atoms with Crippen molar-refractivity contribution in [2.45, 2.75) is 51.1 Å². The van der Waals surface area contributed by atoms with Crippen molar-refractivity contribution in [1.29, 1.82) is 0 Å². The highest BCUT2D eigenvalue weighted by Crippen LogP contribution is 2.33. The average molecular weight is 562 g/mol. The van der Waals surface area contributed by atoms with Gasteiger partial charge in [-0.1, -0.05) is 12.1 Å². The predicted molar refractivity (Wildman–Crippen MR) is 142 cm³/mol. The molecule has 0 spiro atoms. The zero-order chi connectivity index (χ0) is 28.9. The molecule has 40 heavy (non-hydrogen) atoms. The molecule has 6 N–H and O–H groups in total. The molecule has 1 atom stereocenters. The lowest BCUT2D eigenvalue weighted by Crippen LogP contribution is -2.47. The Hall–Kier alpha value is -3.97. The second-order valence-corrected chi connectivity index (χ2v) is 9.53. The van der Waals surface area contributed by atoms with Crippen LogP contribution < -0.4 is 22.1 Å². The highest BCUT2D eigenvalue weighted by atomic mass is 19.4. The van der Waals surface area contributed by atoms with Crippen molar-refractivity contribution in [1.82, 2.24) is 19.8 Å². The number of hydrogen-bond donors (Lipinski definition) is 4. The van der Waals surface area contributed by atoms with Gasteiger partial charge in [0.1, 0.15) is 23.2 Å². The minimum Gasteiger partial charge on any atom is -0.348 e. The van der Waals surface area contributed by atoms with E-state index in [1.54, 1.807) is 22.3 Å². The third kappa shape index (κ3) is 6.96. The lowest BCUT2D eigenvalue weighted by atomic mass is 10.1. The lowest BCUT2D eigenvalue weighted by Gasteiger charge is -2.30. The number of rotatable bonds is 10. The largest absolute Gasteiger partial charge is 0.471 e. The summed E-state index contributed by atoms with van der Waals surface area (Å²) in [4.78, 5) is 30.3. The van der Waals surface area contributed by atoms with Crippen LogP contribution in [0.2, 0.25) is 0 Å².